The Morgan fingerprint density at radius 1 is 1.25 bits per heavy atom. The summed E-state index contributed by atoms with van der Waals surface area (Å²) >= 11 is -1.79. The Hall–Kier alpha value is -0.01000. The molecule has 2 radical (unpaired) electrons. The molecule has 0 aromatic heterocycles. The van der Waals surface area contributed by atoms with Gasteiger partial charge in [-0.05, 0) is 5.92 Å². The Labute approximate surface area is 165 Å². The van der Waals surface area contributed by atoms with E-state index < -0.39 is 18.0 Å². The van der Waals surface area contributed by atoms with E-state index >= 15 is 0 Å². The molecule has 2 aromatic rings. The Kier molecular flexibility index (Phi) is 15.5. The van der Waals surface area contributed by atoms with Gasteiger partial charge in [0.15, 0.2) is 0 Å². The zero-order valence-corrected chi connectivity index (χ0v) is 20.1. The first-order valence-electron chi connectivity index (χ1n) is 7.19. The molecular formula is C20H26Cl2SiZr-4. The monoisotopic (exact) mass is 454 g/mol. The number of hydrogen-bond acceptors (Lipinski definition) is 0. The molecule has 3 rings (SSSR count). The Bertz CT molecular complexity index is 655. The molecule has 2 aromatic carbocycles. The molecule has 0 N–H and O–H groups in total. The summed E-state index contributed by atoms with van der Waals surface area (Å²) in [5, 5.41) is 2.80. The van der Waals surface area contributed by atoms with E-state index in [-0.39, 0.29) is 14.9 Å². The van der Waals surface area contributed by atoms with E-state index in [1.807, 2.05) is 12.2 Å². The average Bonchev–Trinajstić information content (AvgIpc) is 3.08. The van der Waals surface area contributed by atoms with Gasteiger partial charge in [0.2, 0.25) is 0 Å². The van der Waals surface area contributed by atoms with Gasteiger partial charge in [0.25, 0.3) is 0 Å². The molecule has 132 valence electrons. The molecule has 0 amide bonds. The van der Waals surface area contributed by atoms with Crippen LogP contribution in [0.5, 0.6) is 0 Å². The van der Waals surface area contributed by atoms with Crippen molar-refractivity contribution in [2.45, 2.75) is 33.1 Å². The van der Waals surface area contributed by atoms with E-state index in [9.17, 15) is 0 Å². The van der Waals surface area contributed by atoms with Crippen LogP contribution < -0.4 is 0 Å². The molecule has 0 aliphatic heterocycles. The summed E-state index contributed by atoms with van der Waals surface area (Å²) in [6, 6.07) is 11.1. The van der Waals surface area contributed by atoms with Crippen molar-refractivity contribution in [1.82, 2.24) is 0 Å². The van der Waals surface area contributed by atoms with Crippen molar-refractivity contribution in [2.75, 3.05) is 0 Å². The first-order chi connectivity index (χ1) is 10.4. The van der Waals surface area contributed by atoms with E-state index in [0.717, 1.165) is 6.42 Å². The number of benzene rings is 1. The minimum absolute atomic E-state index is 0. The van der Waals surface area contributed by atoms with Crippen molar-refractivity contribution in [3.8, 4) is 0 Å². The molecule has 0 heterocycles. The molecule has 4 heteroatoms. The van der Waals surface area contributed by atoms with Crippen molar-refractivity contribution in [2.24, 2.45) is 0 Å². The maximum atomic E-state index is 5.15. The molecule has 0 saturated heterocycles. The standard InChI is InChI=1S/C13H15.C5H5.2CH3.2ClH.Si.Zr/c1-9(2)12-6-4-5-11-7-10(3)8-13(11)12;1-2-4-5-3-1;;;;;;/h4-9H,1-3H3;1-3H,4H2;2*1H3;2*1H;;/q4*-1;;;;+2/p-2. The van der Waals surface area contributed by atoms with Crippen LogP contribution in [0.1, 0.15) is 37.3 Å². The molecule has 0 fully saturated rings. The molecular weight excluding hydrogens is 430 g/mol. The van der Waals surface area contributed by atoms with Crippen molar-refractivity contribution < 1.29 is 18.0 Å². The van der Waals surface area contributed by atoms with Gasteiger partial charge in [0.1, 0.15) is 0 Å². The summed E-state index contributed by atoms with van der Waals surface area (Å²) in [7, 11) is 10.3. The van der Waals surface area contributed by atoms with Gasteiger partial charge in [0, 0.05) is 0 Å². The molecule has 0 nitrogen and oxygen atoms in total. The van der Waals surface area contributed by atoms with Crippen molar-refractivity contribution in [3.63, 3.8) is 0 Å². The Balaban J connectivity index is 0. The Morgan fingerprint density at radius 3 is 2.29 bits per heavy atom. The number of allylic oxidation sites excluding steroid dienone is 4. The first kappa shape index (κ1) is 26.2. The second kappa shape index (κ2) is 14.2. The summed E-state index contributed by atoms with van der Waals surface area (Å²) in [4.78, 5) is 0. The van der Waals surface area contributed by atoms with Crippen molar-refractivity contribution >= 4 is 34.7 Å². The van der Waals surface area contributed by atoms with E-state index in [0.29, 0.717) is 5.92 Å². The summed E-state index contributed by atoms with van der Waals surface area (Å²) < 4.78 is 0. The van der Waals surface area contributed by atoms with Gasteiger partial charge in [-0.25, -0.2) is 12.2 Å². The first-order valence-corrected chi connectivity index (χ1v) is 17.7. The van der Waals surface area contributed by atoms with Crippen LogP contribution in [0.15, 0.2) is 48.6 Å². The fourth-order valence-corrected chi connectivity index (χ4v) is 2.25. The van der Waals surface area contributed by atoms with Crippen LogP contribution in [-0.2, 0) is 18.0 Å². The topological polar surface area (TPSA) is 0 Å². The van der Waals surface area contributed by atoms with E-state index in [4.69, 9.17) is 17.0 Å². The van der Waals surface area contributed by atoms with Crippen LogP contribution in [0.4, 0.5) is 0 Å². The van der Waals surface area contributed by atoms with Crippen LogP contribution in [0, 0.1) is 27.9 Å². The minimum atomic E-state index is -1.79. The van der Waals surface area contributed by atoms with Crippen molar-refractivity contribution in [1.29, 1.82) is 0 Å². The average molecular weight is 457 g/mol. The zero-order valence-electron chi connectivity index (χ0n) is 15.2. The predicted molar refractivity (Wildman–Crippen MR) is 110 cm³/mol. The summed E-state index contributed by atoms with van der Waals surface area (Å²) in [5.74, 6) is 0.616. The fraction of sp³-hybridized carbons (Fsp3) is 0.250. The maximum absolute atomic E-state index is 5.15. The summed E-state index contributed by atoms with van der Waals surface area (Å²) in [5.41, 5.74) is 2.83. The second-order valence-corrected chi connectivity index (χ2v) is 18.9. The Morgan fingerprint density at radius 2 is 1.88 bits per heavy atom. The van der Waals surface area contributed by atoms with Crippen molar-refractivity contribution in [3.05, 3.63) is 80.6 Å². The number of halogens is 2. The zero-order chi connectivity index (χ0) is 16.5. The van der Waals surface area contributed by atoms with Gasteiger partial charge in [-0.1, -0.05) is 32.4 Å². The van der Waals surface area contributed by atoms with E-state index in [1.165, 1.54) is 21.9 Å². The van der Waals surface area contributed by atoms with Gasteiger partial charge in [0.05, 0.1) is 0 Å². The summed E-state index contributed by atoms with van der Waals surface area (Å²) in [6.45, 7) is 9.69. The molecule has 0 saturated carbocycles. The second-order valence-electron chi connectivity index (χ2n) is 5.30. The third-order valence-electron chi connectivity index (χ3n) is 3.14. The SMILES string of the molecule is Cc1cc2c(C(C)C)cccc2[cH-]1.[C-]1=CC=CC1.[CH3-].[CH3-].[Si]=[Zr]([Cl])[Cl]. The van der Waals surface area contributed by atoms with Crippen LogP contribution in [0.2, 0.25) is 0 Å². The van der Waals surface area contributed by atoms with Crippen LogP contribution in [0.3, 0.4) is 0 Å². The van der Waals surface area contributed by atoms with E-state index in [1.54, 1.807) is 0 Å². The summed E-state index contributed by atoms with van der Waals surface area (Å²) in [6.07, 6.45) is 10.0. The van der Waals surface area contributed by atoms with Gasteiger partial charge in [-0.3, -0.25) is 6.08 Å². The normalized spacial score (nSPS) is 10.9. The molecule has 24 heavy (non-hydrogen) atoms. The molecule has 0 bridgehead atoms. The van der Waals surface area contributed by atoms with Gasteiger partial charge >= 0.3 is 41.9 Å². The number of hydrogen-bond donors (Lipinski definition) is 0. The fourth-order valence-electron chi connectivity index (χ4n) is 2.25. The van der Waals surface area contributed by atoms with Crippen LogP contribution in [0.25, 0.3) is 10.8 Å². The third-order valence-corrected chi connectivity index (χ3v) is 3.14. The predicted octanol–water partition coefficient (Wildman–Crippen LogP) is 7.19. The van der Waals surface area contributed by atoms with E-state index in [2.05, 4.69) is 70.1 Å². The molecule has 0 atom stereocenters. The van der Waals surface area contributed by atoms with Gasteiger partial charge in [-0.2, -0.15) is 12.1 Å². The molecule has 1 aliphatic carbocycles. The number of rotatable bonds is 1. The van der Waals surface area contributed by atoms with Crippen LogP contribution in [-0.4, -0.2) is 6.88 Å². The van der Waals surface area contributed by atoms with Crippen LogP contribution >= 0.6 is 17.0 Å². The van der Waals surface area contributed by atoms with Gasteiger partial charge in [-0.15, -0.1) is 41.0 Å². The third kappa shape index (κ3) is 10.1. The molecule has 0 unspecified atom stereocenters. The van der Waals surface area contributed by atoms with Gasteiger partial charge < -0.3 is 14.9 Å². The molecule has 0 spiro atoms. The molecule has 1 aliphatic rings. The number of aryl methyl sites for hydroxylation is 1. The number of fused-ring (bicyclic) bond motifs is 1. The quantitative estimate of drug-likeness (QED) is 0.315.